The molecule has 140 valence electrons. The van der Waals surface area contributed by atoms with Crippen molar-refractivity contribution >= 4 is 44.9 Å². The maximum atomic E-state index is 12.6. The number of ether oxygens (including phenoxy) is 2. The minimum Gasteiger partial charge on any atom is -0.493 e. The maximum absolute atomic E-state index is 12.6. The Bertz CT molecular complexity index is 870. The molecule has 0 atom stereocenters. The van der Waals surface area contributed by atoms with Gasteiger partial charge in [0.2, 0.25) is 0 Å². The fourth-order valence-electron chi connectivity index (χ4n) is 2.52. The van der Waals surface area contributed by atoms with Crippen molar-refractivity contribution in [1.82, 2.24) is 4.90 Å². The molecule has 2 aromatic rings. The van der Waals surface area contributed by atoms with Crippen LogP contribution in [-0.4, -0.2) is 35.8 Å². The van der Waals surface area contributed by atoms with Gasteiger partial charge in [-0.15, -0.1) is 0 Å². The monoisotopic (exact) mass is 447 g/mol. The van der Waals surface area contributed by atoms with Crippen molar-refractivity contribution in [3.8, 4) is 11.5 Å². The van der Waals surface area contributed by atoms with E-state index in [0.717, 1.165) is 21.8 Å². The summed E-state index contributed by atoms with van der Waals surface area (Å²) >= 11 is 4.35. The molecule has 5 nitrogen and oxygen atoms in total. The second-order valence-electron chi connectivity index (χ2n) is 5.61. The molecule has 3 rings (SSSR count). The van der Waals surface area contributed by atoms with Crippen LogP contribution in [0.25, 0.3) is 6.08 Å². The first kappa shape index (κ1) is 19.5. The smallest absolute Gasteiger partial charge is 0.293 e. The third kappa shape index (κ3) is 4.93. The second-order valence-corrected chi connectivity index (χ2v) is 7.52. The quantitative estimate of drug-likeness (QED) is 0.561. The first-order valence-electron chi connectivity index (χ1n) is 8.44. The molecule has 0 spiro atoms. The number of rotatable bonds is 7. The van der Waals surface area contributed by atoms with Crippen molar-refractivity contribution in [2.75, 3.05) is 19.8 Å². The van der Waals surface area contributed by atoms with E-state index in [2.05, 4.69) is 15.9 Å². The van der Waals surface area contributed by atoms with Gasteiger partial charge in [-0.25, -0.2) is 0 Å². The average molecular weight is 448 g/mol. The molecule has 1 heterocycles. The highest BCUT2D eigenvalue weighted by molar-refractivity contribution is 9.10. The molecule has 1 saturated heterocycles. The third-order valence-electron chi connectivity index (χ3n) is 3.76. The standard InChI is InChI=1S/C20H18BrNO4S/c1-2-25-17-9-8-15(21)12-14(17)13-18-19(23)22(20(24)27-18)10-11-26-16-6-4-3-5-7-16/h3-9,12-13H,2,10-11H2,1H3/b18-13-. The van der Waals surface area contributed by atoms with E-state index >= 15 is 0 Å². The van der Waals surface area contributed by atoms with Crippen molar-refractivity contribution in [3.63, 3.8) is 0 Å². The van der Waals surface area contributed by atoms with Crippen LogP contribution in [0.2, 0.25) is 0 Å². The molecule has 0 aliphatic carbocycles. The lowest BCUT2D eigenvalue weighted by atomic mass is 10.2. The van der Waals surface area contributed by atoms with Gasteiger partial charge < -0.3 is 9.47 Å². The molecule has 1 aliphatic rings. The molecule has 0 aromatic heterocycles. The van der Waals surface area contributed by atoms with Crippen LogP contribution in [-0.2, 0) is 4.79 Å². The van der Waals surface area contributed by atoms with Crippen molar-refractivity contribution in [1.29, 1.82) is 0 Å². The number of halogens is 1. The molecule has 0 unspecified atom stereocenters. The van der Waals surface area contributed by atoms with Crippen LogP contribution >= 0.6 is 27.7 Å². The molecular formula is C20H18BrNO4S. The Morgan fingerprint density at radius 1 is 1.11 bits per heavy atom. The fraction of sp³-hybridized carbons (Fsp3) is 0.200. The van der Waals surface area contributed by atoms with E-state index < -0.39 is 0 Å². The number of para-hydroxylation sites is 1. The number of hydrogen-bond acceptors (Lipinski definition) is 5. The lowest BCUT2D eigenvalue weighted by Gasteiger charge is -2.13. The Balaban J connectivity index is 1.70. The predicted octanol–water partition coefficient (Wildman–Crippen LogP) is 4.96. The molecule has 1 aliphatic heterocycles. The highest BCUT2D eigenvalue weighted by Crippen LogP contribution is 2.34. The zero-order valence-electron chi connectivity index (χ0n) is 14.7. The van der Waals surface area contributed by atoms with E-state index in [1.807, 2.05) is 55.5 Å². The average Bonchev–Trinajstić information content (AvgIpc) is 2.92. The topological polar surface area (TPSA) is 55.8 Å². The van der Waals surface area contributed by atoms with Crippen LogP contribution in [0.1, 0.15) is 12.5 Å². The molecule has 27 heavy (non-hydrogen) atoms. The summed E-state index contributed by atoms with van der Waals surface area (Å²) < 4.78 is 12.1. The van der Waals surface area contributed by atoms with Crippen LogP contribution in [0.3, 0.4) is 0 Å². The number of hydrogen-bond donors (Lipinski definition) is 0. The van der Waals surface area contributed by atoms with Crippen molar-refractivity contribution < 1.29 is 19.1 Å². The summed E-state index contributed by atoms with van der Waals surface area (Å²) in [5.41, 5.74) is 0.747. The van der Waals surface area contributed by atoms with Gasteiger partial charge in [-0.3, -0.25) is 14.5 Å². The van der Waals surface area contributed by atoms with E-state index in [1.54, 1.807) is 6.08 Å². The normalized spacial score (nSPS) is 15.5. The van der Waals surface area contributed by atoms with Gasteiger partial charge in [0.05, 0.1) is 18.1 Å². The number of amides is 2. The molecule has 0 radical (unpaired) electrons. The zero-order valence-corrected chi connectivity index (χ0v) is 17.1. The SMILES string of the molecule is CCOc1ccc(Br)cc1/C=C1\SC(=O)N(CCOc2ccccc2)C1=O. The molecule has 0 bridgehead atoms. The minimum atomic E-state index is -0.316. The Morgan fingerprint density at radius 2 is 1.89 bits per heavy atom. The molecule has 7 heteroatoms. The lowest BCUT2D eigenvalue weighted by Crippen LogP contribution is -2.32. The Morgan fingerprint density at radius 3 is 2.63 bits per heavy atom. The fourth-order valence-corrected chi connectivity index (χ4v) is 3.76. The number of carbonyl (C=O) groups excluding carboxylic acids is 2. The van der Waals surface area contributed by atoms with Gasteiger partial charge in [0.15, 0.2) is 0 Å². The summed E-state index contributed by atoms with van der Waals surface area (Å²) in [5.74, 6) is 1.06. The van der Waals surface area contributed by atoms with E-state index in [-0.39, 0.29) is 24.3 Å². The van der Waals surface area contributed by atoms with Crippen LogP contribution in [0.4, 0.5) is 4.79 Å². The molecule has 0 saturated carbocycles. The predicted molar refractivity (Wildman–Crippen MR) is 110 cm³/mol. The van der Waals surface area contributed by atoms with Gasteiger partial charge in [-0.05, 0) is 55.1 Å². The van der Waals surface area contributed by atoms with Crippen LogP contribution in [0.5, 0.6) is 11.5 Å². The highest BCUT2D eigenvalue weighted by atomic mass is 79.9. The number of benzene rings is 2. The van der Waals surface area contributed by atoms with Crippen LogP contribution < -0.4 is 9.47 Å². The number of carbonyl (C=O) groups is 2. The molecule has 2 aromatic carbocycles. The number of imide groups is 1. The van der Waals surface area contributed by atoms with Gasteiger partial charge in [0.25, 0.3) is 11.1 Å². The van der Waals surface area contributed by atoms with Gasteiger partial charge in [0.1, 0.15) is 18.1 Å². The van der Waals surface area contributed by atoms with Gasteiger partial charge >= 0.3 is 0 Å². The summed E-state index contributed by atoms with van der Waals surface area (Å²) in [4.78, 5) is 26.4. The highest BCUT2D eigenvalue weighted by Gasteiger charge is 2.35. The van der Waals surface area contributed by atoms with Gasteiger partial charge in [-0.1, -0.05) is 34.1 Å². The minimum absolute atomic E-state index is 0.202. The van der Waals surface area contributed by atoms with Gasteiger partial charge in [0, 0.05) is 10.0 Å². The van der Waals surface area contributed by atoms with Crippen LogP contribution in [0.15, 0.2) is 57.9 Å². The van der Waals surface area contributed by atoms with Crippen LogP contribution in [0, 0.1) is 0 Å². The second kappa shape index (κ2) is 9.10. The van der Waals surface area contributed by atoms with E-state index in [0.29, 0.717) is 23.0 Å². The van der Waals surface area contributed by atoms with Crippen molar-refractivity contribution in [2.24, 2.45) is 0 Å². The summed E-state index contributed by atoms with van der Waals surface area (Å²) in [6, 6.07) is 14.8. The summed E-state index contributed by atoms with van der Waals surface area (Å²) in [6.45, 7) is 2.86. The van der Waals surface area contributed by atoms with E-state index in [4.69, 9.17) is 9.47 Å². The van der Waals surface area contributed by atoms with Gasteiger partial charge in [-0.2, -0.15) is 0 Å². The summed E-state index contributed by atoms with van der Waals surface area (Å²) in [6.07, 6.45) is 1.69. The number of nitrogens with zero attached hydrogens (tertiary/aromatic N) is 1. The Kier molecular flexibility index (Phi) is 6.58. The molecule has 1 fully saturated rings. The largest absolute Gasteiger partial charge is 0.493 e. The molecular weight excluding hydrogens is 430 g/mol. The van der Waals surface area contributed by atoms with E-state index in [1.165, 1.54) is 4.90 Å². The molecule has 2 amide bonds. The summed E-state index contributed by atoms with van der Waals surface area (Å²) in [7, 11) is 0. The third-order valence-corrected chi connectivity index (χ3v) is 5.16. The van der Waals surface area contributed by atoms with Crippen molar-refractivity contribution in [3.05, 3.63) is 63.5 Å². The lowest BCUT2D eigenvalue weighted by molar-refractivity contribution is -0.123. The Labute approximate surface area is 170 Å². The van der Waals surface area contributed by atoms with Crippen molar-refractivity contribution in [2.45, 2.75) is 6.92 Å². The van der Waals surface area contributed by atoms with E-state index in [9.17, 15) is 9.59 Å². The molecule has 0 N–H and O–H groups in total. The zero-order chi connectivity index (χ0) is 19.2. The first-order valence-corrected chi connectivity index (χ1v) is 10.0. The maximum Gasteiger partial charge on any atom is 0.293 e. The Hall–Kier alpha value is -2.25. The number of thioether (sulfide) groups is 1. The first-order chi connectivity index (χ1) is 13.1. The summed E-state index contributed by atoms with van der Waals surface area (Å²) in [5, 5.41) is -0.295.